The minimum absolute atomic E-state index is 0.122. The highest BCUT2D eigenvalue weighted by Crippen LogP contribution is 2.29. The number of halogens is 3. The Morgan fingerprint density at radius 3 is 2.41 bits per heavy atom. The number of benzene rings is 2. The van der Waals surface area contributed by atoms with Gasteiger partial charge in [0.1, 0.15) is 6.04 Å². The van der Waals surface area contributed by atoms with Gasteiger partial charge in [0.2, 0.25) is 5.91 Å². The van der Waals surface area contributed by atoms with Gasteiger partial charge in [0, 0.05) is 36.1 Å². The summed E-state index contributed by atoms with van der Waals surface area (Å²) in [6, 6.07) is 10.3. The van der Waals surface area contributed by atoms with Crippen LogP contribution >= 0.6 is 0 Å². The van der Waals surface area contributed by atoms with Crippen LogP contribution in [0.2, 0.25) is 0 Å². The molecule has 0 fully saturated rings. The molecule has 0 saturated heterocycles. The second-order valence-electron chi connectivity index (χ2n) is 7.05. The van der Waals surface area contributed by atoms with Crippen molar-refractivity contribution < 1.29 is 32.3 Å². The van der Waals surface area contributed by atoms with E-state index in [1.54, 1.807) is 6.20 Å². The number of para-hydroxylation sites is 1. The number of hydrogen-bond acceptors (Lipinski definition) is 4. The fourth-order valence-electron chi connectivity index (χ4n) is 3.14. The molecule has 0 aliphatic carbocycles. The highest BCUT2D eigenvalue weighted by Gasteiger charge is 2.30. The van der Waals surface area contributed by atoms with Gasteiger partial charge in [-0.05, 0) is 35.9 Å². The van der Waals surface area contributed by atoms with Crippen molar-refractivity contribution in [1.82, 2.24) is 10.3 Å². The van der Waals surface area contributed by atoms with Crippen LogP contribution in [0.1, 0.15) is 18.1 Å². The van der Waals surface area contributed by atoms with Gasteiger partial charge in [-0.2, -0.15) is 13.2 Å². The maximum atomic E-state index is 12.6. The average molecular weight is 447 g/mol. The number of amides is 2. The summed E-state index contributed by atoms with van der Waals surface area (Å²) in [7, 11) is 0. The Kier molecular flexibility index (Phi) is 6.82. The minimum atomic E-state index is -4.48. The first-order valence-corrected chi connectivity index (χ1v) is 9.59. The molecule has 0 bridgehead atoms. The highest BCUT2D eigenvalue weighted by molar-refractivity contribution is 5.93. The lowest BCUT2D eigenvalue weighted by Crippen LogP contribution is -2.43. The molecular formula is C22H20F3N3O4. The van der Waals surface area contributed by atoms with Crippen molar-refractivity contribution in [3.63, 3.8) is 0 Å². The third-order valence-electron chi connectivity index (χ3n) is 4.60. The number of anilines is 1. The molecule has 2 aromatic carbocycles. The van der Waals surface area contributed by atoms with E-state index in [-0.39, 0.29) is 12.1 Å². The molecule has 32 heavy (non-hydrogen) atoms. The summed E-state index contributed by atoms with van der Waals surface area (Å²) in [5.41, 5.74) is 0.924. The van der Waals surface area contributed by atoms with E-state index in [1.807, 2.05) is 24.3 Å². The quantitative estimate of drug-likeness (QED) is 0.483. The number of H-pyrrole nitrogens is 1. The number of hydrogen-bond donors (Lipinski definition) is 3. The van der Waals surface area contributed by atoms with Gasteiger partial charge in [-0.3, -0.25) is 9.59 Å². The molecule has 0 radical (unpaired) electrons. The zero-order chi connectivity index (χ0) is 23.3. The monoisotopic (exact) mass is 447 g/mol. The Hall–Kier alpha value is -3.82. The van der Waals surface area contributed by atoms with Crippen molar-refractivity contribution in [2.75, 3.05) is 11.9 Å². The Morgan fingerprint density at radius 2 is 1.75 bits per heavy atom. The van der Waals surface area contributed by atoms with Crippen molar-refractivity contribution in [3.05, 3.63) is 65.9 Å². The molecule has 0 saturated carbocycles. The molecule has 0 aliphatic heterocycles. The van der Waals surface area contributed by atoms with Gasteiger partial charge in [0.25, 0.3) is 5.91 Å². The number of aromatic nitrogens is 1. The molecule has 0 spiro atoms. The molecule has 3 N–H and O–H groups in total. The molecule has 1 unspecified atom stereocenters. The van der Waals surface area contributed by atoms with Crippen LogP contribution in [-0.2, 0) is 31.7 Å². The number of rotatable bonds is 7. The third kappa shape index (κ3) is 5.87. The lowest BCUT2D eigenvalue weighted by Gasteiger charge is -2.16. The first kappa shape index (κ1) is 22.9. The first-order chi connectivity index (χ1) is 15.1. The number of carbonyl (C=O) groups is 3. The minimum Gasteiger partial charge on any atom is -0.454 e. The first-order valence-electron chi connectivity index (χ1n) is 9.59. The van der Waals surface area contributed by atoms with Crippen LogP contribution in [0.25, 0.3) is 10.9 Å². The van der Waals surface area contributed by atoms with E-state index in [0.717, 1.165) is 40.7 Å². The fourth-order valence-corrected chi connectivity index (χ4v) is 3.14. The number of fused-ring (bicyclic) bond motifs is 1. The van der Waals surface area contributed by atoms with Crippen molar-refractivity contribution in [1.29, 1.82) is 0 Å². The van der Waals surface area contributed by atoms with Crippen LogP contribution in [0, 0.1) is 0 Å². The van der Waals surface area contributed by atoms with E-state index in [0.29, 0.717) is 0 Å². The summed E-state index contributed by atoms with van der Waals surface area (Å²) in [6.45, 7) is 0.594. The topological polar surface area (TPSA) is 100 Å². The number of aromatic amines is 1. The van der Waals surface area contributed by atoms with Crippen molar-refractivity contribution in [3.8, 4) is 0 Å². The molecule has 0 aliphatic rings. The van der Waals surface area contributed by atoms with E-state index < -0.39 is 42.2 Å². The summed E-state index contributed by atoms with van der Waals surface area (Å²) in [5, 5.41) is 5.75. The summed E-state index contributed by atoms with van der Waals surface area (Å²) >= 11 is 0. The molecule has 3 rings (SSSR count). The van der Waals surface area contributed by atoms with Gasteiger partial charge in [-0.25, -0.2) is 4.79 Å². The molecule has 168 valence electrons. The highest BCUT2D eigenvalue weighted by atomic mass is 19.4. The van der Waals surface area contributed by atoms with Gasteiger partial charge >= 0.3 is 12.1 Å². The largest absolute Gasteiger partial charge is 0.454 e. The number of nitrogens with one attached hydrogen (secondary N) is 3. The van der Waals surface area contributed by atoms with Crippen LogP contribution in [0.15, 0.2) is 54.7 Å². The van der Waals surface area contributed by atoms with Gasteiger partial charge in [-0.15, -0.1) is 0 Å². The van der Waals surface area contributed by atoms with Crippen LogP contribution in [-0.4, -0.2) is 35.4 Å². The zero-order valence-corrected chi connectivity index (χ0v) is 17.0. The van der Waals surface area contributed by atoms with Gasteiger partial charge in [0.15, 0.2) is 6.61 Å². The maximum absolute atomic E-state index is 12.6. The molecule has 3 aromatic rings. The predicted octanol–water partition coefficient (Wildman–Crippen LogP) is 3.42. The lowest BCUT2D eigenvalue weighted by atomic mass is 10.0. The summed E-state index contributed by atoms with van der Waals surface area (Å²) in [4.78, 5) is 39.2. The van der Waals surface area contributed by atoms with Crippen LogP contribution in [0.5, 0.6) is 0 Å². The summed E-state index contributed by atoms with van der Waals surface area (Å²) in [6.07, 6.45) is -2.62. The van der Waals surface area contributed by atoms with Gasteiger partial charge in [-0.1, -0.05) is 18.2 Å². The fraction of sp³-hybridized carbons (Fsp3) is 0.227. The van der Waals surface area contributed by atoms with E-state index in [1.165, 1.54) is 6.92 Å². The molecule has 2 amide bonds. The van der Waals surface area contributed by atoms with E-state index >= 15 is 0 Å². The smallest absolute Gasteiger partial charge is 0.416 e. The zero-order valence-electron chi connectivity index (χ0n) is 17.0. The predicted molar refractivity (Wildman–Crippen MR) is 111 cm³/mol. The summed E-state index contributed by atoms with van der Waals surface area (Å²) in [5.74, 6) is -1.99. The standard InChI is InChI=1S/C22H20F3N3O4/c1-13(29)27-19(10-14-11-26-18-5-3-2-4-17(14)18)21(31)32-12-20(30)28-16-8-6-15(7-9-16)22(23,24)25/h2-9,11,19,26H,10,12H2,1H3,(H,27,29)(H,28,30). The van der Waals surface area contributed by atoms with E-state index in [9.17, 15) is 27.6 Å². The van der Waals surface area contributed by atoms with Gasteiger partial charge in [0.05, 0.1) is 5.56 Å². The van der Waals surface area contributed by atoms with Crippen LogP contribution in [0.3, 0.4) is 0 Å². The number of alkyl halides is 3. The number of carbonyl (C=O) groups excluding carboxylic acids is 3. The molecule has 1 aromatic heterocycles. The van der Waals surface area contributed by atoms with Crippen molar-refractivity contribution in [2.45, 2.75) is 25.6 Å². The maximum Gasteiger partial charge on any atom is 0.416 e. The average Bonchev–Trinajstić information content (AvgIpc) is 3.14. The molecule has 7 nitrogen and oxygen atoms in total. The van der Waals surface area contributed by atoms with E-state index in [2.05, 4.69) is 15.6 Å². The SMILES string of the molecule is CC(=O)NC(Cc1c[nH]c2ccccc12)C(=O)OCC(=O)Nc1ccc(C(F)(F)F)cc1. The normalized spacial score (nSPS) is 12.2. The summed E-state index contributed by atoms with van der Waals surface area (Å²) < 4.78 is 42.8. The van der Waals surface area contributed by atoms with Crippen LogP contribution in [0.4, 0.5) is 18.9 Å². The Labute approximate surface area is 180 Å². The molecule has 10 heteroatoms. The van der Waals surface area contributed by atoms with Crippen molar-refractivity contribution in [2.24, 2.45) is 0 Å². The van der Waals surface area contributed by atoms with Crippen molar-refractivity contribution >= 4 is 34.4 Å². The molecule has 1 atom stereocenters. The Balaban J connectivity index is 1.60. The van der Waals surface area contributed by atoms with Gasteiger partial charge < -0.3 is 20.4 Å². The Bertz CT molecular complexity index is 1120. The second-order valence-corrected chi connectivity index (χ2v) is 7.05. The lowest BCUT2D eigenvalue weighted by molar-refractivity contribution is -0.150. The number of ether oxygens (including phenoxy) is 1. The number of esters is 1. The molecule has 1 heterocycles. The van der Waals surface area contributed by atoms with Crippen LogP contribution < -0.4 is 10.6 Å². The second kappa shape index (κ2) is 9.54. The van der Waals surface area contributed by atoms with E-state index in [4.69, 9.17) is 4.74 Å². The third-order valence-corrected chi connectivity index (χ3v) is 4.60. The molecular weight excluding hydrogens is 427 g/mol. The Morgan fingerprint density at radius 1 is 1.06 bits per heavy atom.